The third-order valence-corrected chi connectivity index (χ3v) is 4.87. The van der Waals surface area contributed by atoms with Crippen LogP contribution in [-0.2, 0) is 0 Å². The largest absolute Gasteiger partial charge is 0.348 e. The van der Waals surface area contributed by atoms with Crippen molar-refractivity contribution >= 4 is 17.2 Å². The second kappa shape index (κ2) is 6.50. The highest BCUT2D eigenvalue weighted by atomic mass is 32.1. The SMILES string of the molecule is Cc1nc(-c2ncccn2)sc1C(=O)NC1CCNC(C)C1. The molecule has 3 rings (SSSR count). The summed E-state index contributed by atoms with van der Waals surface area (Å²) in [6.07, 6.45) is 5.27. The molecular formula is C15H19N5OS. The Morgan fingerprint density at radius 2 is 2.18 bits per heavy atom. The highest BCUT2D eigenvalue weighted by Gasteiger charge is 2.23. The normalized spacial score (nSPS) is 21.5. The van der Waals surface area contributed by atoms with Crippen LogP contribution in [0.4, 0.5) is 0 Å². The molecule has 1 amide bonds. The molecule has 0 radical (unpaired) electrons. The van der Waals surface area contributed by atoms with Crippen LogP contribution in [0.3, 0.4) is 0 Å². The quantitative estimate of drug-likeness (QED) is 0.902. The van der Waals surface area contributed by atoms with Gasteiger partial charge in [0.15, 0.2) is 10.8 Å². The minimum atomic E-state index is -0.0451. The van der Waals surface area contributed by atoms with Crippen LogP contribution in [0.1, 0.15) is 35.1 Å². The molecule has 1 aliphatic heterocycles. The summed E-state index contributed by atoms with van der Waals surface area (Å²) in [6.45, 7) is 4.93. The van der Waals surface area contributed by atoms with Crippen molar-refractivity contribution in [2.45, 2.75) is 38.8 Å². The number of hydrogen-bond acceptors (Lipinski definition) is 6. The average Bonchev–Trinajstić information content (AvgIpc) is 2.90. The van der Waals surface area contributed by atoms with Gasteiger partial charge in [0.2, 0.25) is 0 Å². The summed E-state index contributed by atoms with van der Waals surface area (Å²) in [5, 5.41) is 7.19. The lowest BCUT2D eigenvalue weighted by Gasteiger charge is -2.28. The Kier molecular flexibility index (Phi) is 4.44. The molecule has 0 bridgehead atoms. The first-order chi connectivity index (χ1) is 10.6. The summed E-state index contributed by atoms with van der Waals surface area (Å²) >= 11 is 1.35. The molecule has 1 saturated heterocycles. The Balaban J connectivity index is 1.74. The molecule has 3 heterocycles. The van der Waals surface area contributed by atoms with Gasteiger partial charge in [-0.3, -0.25) is 4.79 Å². The Morgan fingerprint density at radius 1 is 1.41 bits per heavy atom. The number of piperidine rings is 1. The molecule has 0 aromatic carbocycles. The average molecular weight is 317 g/mol. The molecule has 22 heavy (non-hydrogen) atoms. The number of aromatic nitrogens is 3. The maximum atomic E-state index is 12.5. The van der Waals surface area contributed by atoms with E-state index < -0.39 is 0 Å². The van der Waals surface area contributed by atoms with Gasteiger partial charge in [-0.25, -0.2) is 15.0 Å². The first-order valence-electron chi connectivity index (χ1n) is 7.42. The molecule has 1 aliphatic rings. The van der Waals surface area contributed by atoms with E-state index >= 15 is 0 Å². The smallest absolute Gasteiger partial charge is 0.263 e. The lowest BCUT2D eigenvalue weighted by molar-refractivity contribution is 0.0929. The number of aryl methyl sites for hydroxylation is 1. The van der Waals surface area contributed by atoms with Gasteiger partial charge in [0, 0.05) is 24.5 Å². The zero-order valence-electron chi connectivity index (χ0n) is 12.7. The zero-order chi connectivity index (χ0) is 15.5. The van der Waals surface area contributed by atoms with Crippen molar-refractivity contribution in [2.75, 3.05) is 6.54 Å². The molecule has 6 nitrogen and oxygen atoms in total. The van der Waals surface area contributed by atoms with Crippen molar-refractivity contribution in [1.82, 2.24) is 25.6 Å². The van der Waals surface area contributed by atoms with Crippen LogP contribution < -0.4 is 10.6 Å². The van der Waals surface area contributed by atoms with Gasteiger partial charge in [0.05, 0.1) is 5.69 Å². The van der Waals surface area contributed by atoms with E-state index in [1.165, 1.54) is 11.3 Å². The molecule has 2 N–H and O–H groups in total. The molecule has 2 unspecified atom stereocenters. The van der Waals surface area contributed by atoms with E-state index in [4.69, 9.17) is 0 Å². The minimum Gasteiger partial charge on any atom is -0.348 e. The maximum Gasteiger partial charge on any atom is 0.263 e. The molecule has 0 saturated carbocycles. The van der Waals surface area contributed by atoms with Crippen molar-refractivity contribution in [1.29, 1.82) is 0 Å². The number of carbonyl (C=O) groups is 1. The van der Waals surface area contributed by atoms with E-state index in [9.17, 15) is 4.79 Å². The first-order valence-corrected chi connectivity index (χ1v) is 8.24. The highest BCUT2D eigenvalue weighted by molar-refractivity contribution is 7.17. The van der Waals surface area contributed by atoms with Crippen LogP contribution in [0, 0.1) is 6.92 Å². The van der Waals surface area contributed by atoms with Gasteiger partial charge < -0.3 is 10.6 Å². The molecule has 0 aliphatic carbocycles. The first kappa shape index (κ1) is 15.1. The number of nitrogens with one attached hydrogen (secondary N) is 2. The van der Waals surface area contributed by atoms with Crippen molar-refractivity contribution < 1.29 is 4.79 Å². The molecule has 2 aromatic rings. The third kappa shape index (κ3) is 3.31. The van der Waals surface area contributed by atoms with Gasteiger partial charge in [-0.2, -0.15) is 0 Å². The maximum absolute atomic E-state index is 12.5. The van der Waals surface area contributed by atoms with E-state index in [1.807, 2.05) is 6.92 Å². The fraction of sp³-hybridized carbons (Fsp3) is 0.467. The highest BCUT2D eigenvalue weighted by Crippen LogP contribution is 2.25. The zero-order valence-corrected chi connectivity index (χ0v) is 13.5. The van der Waals surface area contributed by atoms with Gasteiger partial charge in [-0.05, 0) is 39.3 Å². The molecule has 2 atom stereocenters. The topological polar surface area (TPSA) is 79.8 Å². The van der Waals surface area contributed by atoms with Crippen molar-refractivity contribution in [2.24, 2.45) is 0 Å². The second-order valence-electron chi connectivity index (χ2n) is 5.56. The van der Waals surface area contributed by atoms with Gasteiger partial charge in [0.25, 0.3) is 5.91 Å². The van der Waals surface area contributed by atoms with Gasteiger partial charge in [-0.15, -0.1) is 11.3 Å². The van der Waals surface area contributed by atoms with E-state index in [0.717, 1.165) is 25.1 Å². The summed E-state index contributed by atoms with van der Waals surface area (Å²) in [4.78, 5) is 25.9. The Hall–Kier alpha value is -1.86. The molecule has 2 aromatic heterocycles. The van der Waals surface area contributed by atoms with Gasteiger partial charge in [-0.1, -0.05) is 0 Å². The van der Waals surface area contributed by atoms with E-state index in [1.54, 1.807) is 18.5 Å². The van der Waals surface area contributed by atoms with E-state index in [2.05, 4.69) is 32.5 Å². The number of rotatable bonds is 3. The lowest BCUT2D eigenvalue weighted by atomic mass is 10.0. The molecule has 1 fully saturated rings. The molecule has 0 spiro atoms. The van der Waals surface area contributed by atoms with Crippen molar-refractivity contribution in [3.63, 3.8) is 0 Å². The summed E-state index contributed by atoms with van der Waals surface area (Å²) in [5.74, 6) is 0.515. The van der Waals surface area contributed by atoms with Crippen LogP contribution >= 0.6 is 11.3 Å². The second-order valence-corrected chi connectivity index (χ2v) is 6.55. The predicted octanol–water partition coefficient (Wildman–Crippen LogP) is 1.78. The standard InChI is InChI=1S/C15H19N5OS/c1-9-8-11(4-7-16-9)20-14(21)12-10(2)19-15(22-12)13-17-5-3-6-18-13/h3,5-6,9,11,16H,4,7-8H2,1-2H3,(H,20,21). The summed E-state index contributed by atoms with van der Waals surface area (Å²) in [7, 11) is 0. The number of carbonyl (C=O) groups excluding carboxylic acids is 1. The minimum absolute atomic E-state index is 0.0451. The third-order valence-electron chi connectivity index (χ3n) is 3.72. The lowest BCUT2D eigenvalue weighted by Crippen LogP contribution is -2.46. The Morgan fingerprint density at radius 3 is 2.91 bits per heavy atom. The molecule has 116 valence electrons. The number of thiazole rings is 1. The fourth-order valence-corrected chi connectivity index (χ4v) is 3.54. The molecular weight excluding hydrogens is 298 g/mol. The van der Waals surface area contributed by atoms with Gasteiger partial charge in [0.1, 0.15) is 4.88 Å². The molecule has 7 heteroatoms. The van der Waals surface area contributed by atoms with Crippen LogP contribution in [0.2, 0.25) is 0 Å². The fourth-order valence-electron chi connectivity index (χ4n) is 2.63. The van der Waals surface area contributed by atoms with E-state index in [0.29, 0.717) is 21.8 Å². The number of hydrogen-bond donors (Lipinski definition) is 2. The summed E-state index contributed by atoms with van der Waals surface area (Å²) in [5.41, 5.74) is 0.729. The predicted molar refractivity (Wildman–Crippen MR) is 85.8 cm³/mol. The van der Waals surface area contributed by atoms with Crippen LogP contribution in [0.15, 0.2) is 18.5 Å². The summed E-state index contributed by atoms with van der Waals surface area (Å²) in [6, 6.07) is 2.42. The van der Waals surface area contributed by atoms with E-state index in [-0.39, 0.29) is 11.9 Å². The Labute approximate surface area is 133 Å². The van der Waals surface area contributed by atoms with Crippen LogP contribution in [-0.4, -0.2) is 39.5 Å². The van der Waals surface area contributed by atoms with Crippen LogP contribution in [0.5, 0.6) is 0 Å². The Bertz CT molecular complexity index is 657. The van der Waals surface area contributed by atoms with Gasteiger partial charge >= 0.3 is 0 Å². The number of nitrogens with zero attached hydrogens (tertiary/aromatic N) is 3. The van der Waals surface area contributed by atoms with Crippen LogP contribution in [0.25, 0.3) is 10.8 Å². The summed E-state index contributed by atoms with van der Waals surface area (Å²) < 4.78 is 0. The number of amides is 1. The van der Waals surface area contributed by atoms with Crippen molar-refractivity contribution in [3.8, 4) is 10.8 Å². The monoisotopic (exact) mass is 317 g/mol. The van der Waals surface area contributed by atoms with Crippen molar-refractivity contribution in [3.05, 3.63) is 29.0 Å².